The minimum Gasteiger partial charge on any atom is -0.493 e. The van der Waals surface area contributed by atoms with Crippen molar-refractivity contribution in [3.05, 3.63) is 23.8 Å². The van der Waals surface area contributed by atoms with Crippen molar-refractivity contribution < 1.29 is 33.4 Å². The zero-order chi connectivity index (χ0) is 17.4. The second kappa shape index (κ2) is 8.37. The van der Waals surface area contributed by atoms with Crippen LogP contribution in [0.1, 0.15) is 17.3 Å². The van der Waals surface area contributed by atoms with Gasteiger partial charge in [0.25, 0.3) is 5.91 Å². The number of hydrogen-bond donors (Lipinski definition) is 2. The topological polar surface area (TPSA) is 134 Å². The van der Waals surface area contributed by atoms with Gasteiger partial charge in [-0.3, -0.25) is 14.9 Å². The summed E-state index contributed by atoms with van der Waals surface area (Å²) < 4.78 is 14.9. The lowest BCUT2D eigenvalue weighted by Crippen LogP contribution is -2.38. The molecule has 0 aliphatic carbocycles. The van der Waals surface area contributed by atoms with Crippen molar-refractivity contribution in [1.82, 2.24) is 5.32 Å². The highest BCUT2D eigenvalue weighted by atomic mass is 16.6. The quantitative estimate of drug-likeness (QED) is 0.533. The Hall–Kier alpha value is -3.10. The minimum atomic E-state index is -1.04. The number of primary amides is 1. The van der Waals surface area contributed by atoms with Crippen molar-refractivity contribution in [2.45, 2.75) is 6.92 Å². The van der Waals surface area contributed by atoms with Gasteiger partial charge in [0.15, 0.2) is 30.5 Å². The monoisotopic (exact) mass is 324 g/mol. The molecule has 0 aliphatic rings. The molecule has 1 rings (SSSR count). The van der Waals surface area contributed by atoms with E-state index in [0.717, 1.165) is 0 Å². The molecule has 0 saturated heterocycles. The Morgan fingerprint density at radius 1 is 1.13 bits per heavy atom. The number of esters is 1. The van der Waals surface area contributed by atoms with Crippen LogP contribution in [-0.4, -0.2) is 44.0 Å². The summed E-state index contributed by atoms with van der Waals surface area (Å²) in [5.74, 6) is -1.32. The second-order valence-corrected chi connectivity index (χ2v) is 4.28. The van der Waals surface area contributed by atoms with E-state index >= 15 is 0 Å². The predicted octanol–water partition coefficient (Wildman–Crippen LogP) is 0.0147. The molecule has 3 amide bonds. The first-order chi connectivity index (χ1) is 10.8. The highest BCUT2D eigenvalue weighted by molar-refractivity contribution is 5.95. The molecular weight excluding hydrogens is 308 g/mol. The number of nitrogens with one attached hydrogen (secondary N) is 1. The molecule has 0 heterocycles. The molecule has 9 heteroatoms. The van der Waals surface area contributed by atoms with Gasteiger partial charge in [-0.15, -0.1) is 0 Å². The summed E-state index contributed by atoms with van der Waals surface area (Å²) in [6.45, 7) is 0.259. The molecule has 23 heavy (non-hydrogen) atoms. The van der Waals surface area contributed by atoms with E-state index < -0.39 is 31.1 Å². The van der Waals surface area contributed by atoms with Crippen LogP contribution in [0.2, 0.25) is 0 Å². The van der Waals surface area contributed by atoms with Gasteiger partial charge in [-0.05, 0) is 25.1 Å². The Labute approximate surface area is 131 Å². The summed E-state index contributed by atoms with van der Waals surface area (Å²) >= 11 is 0. The Morgan fingerprint density at radius 3 is 2.39 bits per heavy atom. The molecule has 0 aliphatic heterocycles. The van der Waals surface area contributed by atoms with E-state index in [-0.39, 0.29) is 17.3 Å². The van der Waals surface area contributed by atoms with Gasteiger partial charge in [0.2, 0.25) is 0 Å². The first-order valence-corrected chi connectivity index (χ1v) is 6.40. The van der Waals surface area contributed by atoms with Crippen LogP contribution in [0.4, 0.5) is 4.79 Å². The van der Waals surface area contributed by atoms with E-state index in [0.29, 0.717) is 5.56 Å². The maximum absolute atomic E-state index is 11.4. The normalized spacial score (nSPS) is 9.65. The molecule has 1 aromatic rings. The fourth-order valence-corrected chi connectivity index (χ4v) is 1.50. The molecule has 124 valence electrons. The van der Waals surface area contributed by atoms with Gasteiger partial charge in [0.05, 0.1) is 7.11 Å². The van der Waals surface area contributed by atoms with Gasteiger partial charge in [-0.25, -0.2) is 9.59 Å². The summed E-state index contributed by atoms with van der Waals surface area (Å²) in [7, 11) is 1.39. The van der Waals surface area contributed by atoms with Crippen molar-refractivity contribution in [3.8, 4) is 11.5 Å². The zero-order valence-electron chi connectivity index (χ0n) is 12.6. The van der Waals surface area contributed by atoms with Crippen molar-refractivity contribution in [1.29, 1.82) is 0 Å². The summed E-state index contributed by atoms with van der Waals surface area (Å²) in [5.41, 5.74) is 5.16. The lowest BCUT2D eigenvalue weighted by Gasteiger charge is -2.11. The molecule has 0 atom stereocenters. The second-order valence-electron chi connectivity index (χ2n) is 4.28. The van der Waals surface area contributed by atoms with Crippen LogP contribution >= 0.6 is 0 Å². The van der Waals surface area contributed by atoms with E-state index in [2.05, 4.69) is 4.74 Å². The third kappa shape index (κ3) is 6.04. The van der Waals surface area contributed by atoms with Gasteiger partial charge < -0.3 is 19.9 Å². The maximum atomic E-state index is 11.4. The predicted molar refractivity (Wildman–Crippen MR) is 77.2 cm³/mol. The first-order valence-electron chi connectivity index (χ1n) is 6.40. The number of nitrogens with two attached hydrogens (primary N) is 1. The number of methoxy groups -OCH3 is 1. The number of imide groups is 1. The van der Waals surface area contributed by atoms with Gasteiger partial charge in [0.1, 0.15) is 0 Å². The van der Waals surface area contributed by atoms with Crippen molar-refractivity contribution in [3.63, 3.8) is 0 Å². The summed E-state index contributed by atoms with van der Waals surface area (Å²) in [5, 5.41) is 1.74. The summed E-state index contributed by atoms with van der Waals surface area (Å²) in [4.78, 5) is 44.2. The Balaban J connectivity index is 2.54. The fraction of sp³-hybridized carbons (Fsp3) is 0.286. The highest BCUT2D eigenvalue weighted by Gasteiger charge is 2.12. The minimum absolute atomic E-state index is 0.144. The molecule has 9 nitrogen and oxygen atoms in total. The fourth-order valence-electron chi connectivity index (χ4n) is 1.50. The highest BCUT2D eigenvalue weighted by Crippen LogP contribution is 2.28. The Kier molecular flexibility index (Phi) is 6.53. The smallest absolute Gasteiger partial charge is 0.344 e. The molecule has 0 radical (unpaired) electrons. The molecular formula is C14H16N2O7. The molecule has 0 unspecified atom stereocenters. The number of carbonyl (C=O) groups is 4. The third-order valence-electron chi connectivity index (χ3n) is 2.54. The van der Waals surface area contributed by atoms with E-state index in [1.165, 1.54) is 32.2 Å². The van der Waals surface area contributed by atoms with Crippen molar-refractivity contribution in [2.24, 2.45) is 5.73 Å². The summed E-state index contributed by atoms with van der Waals surface area (Å²) in [6, 6.07) is 3.43. The number of hydrogen-bond acceptors (Lipinski definition) is 7. The van der Waals surface area contributed by atoms with E-state index in [9.17, 15) is 19.2 Å². The summed E-state index contributed by atoms with van der Waals surface area (Å²) in [6.07, 6.45) is 0. The number of urea groups is 1. The van der Waals surface area contributed by atoms with Crippen LogP contribution in [0.3, 0.4) is 0 Å². The number of amides is 3. The largest absolute Gasteiger partial charge is 0.493 e. The number of Topliss-reactive ketones (excluding diaryl/α,β-unsaturated/α-hetero) is 1. The third-order valence-corrected chi connectivity index (χ3v) is 2.54. The molecule has 0 fully saturated rings. The molecule has 0 saturated carbocycles. The van der Waals surface area contributed by atoms with Crippen LogP contribution in [0.5, 0.6) is 11.5 Å². The van der Waals surface area contributed by atoms with Gasteiger partial charge >= 0.3 is 12.0 Å². The number of ketones is 1. The van der Waals surface area contributed by atoms with E-state index in [4.69, 9.17) is 15.2 Å². The number of benzene rings is 1. The number of ether oxygens (including phenoxy) is 3. The van der Waals surface area contributed by atoms with Crippen molar-refractivity contribution in [2.75, 3.05) is 20.3 Å². The van der Waals surface area contributed by atoms with Crippen LogP contribution in [0.15, 0.2) is 18.2 Å². The average Bonchev–Trinajstić information content (AvgIpc) is 2.49. The van der Waals surface area contributed by atoms with Gasteiger partial charge in [-0.1, -0.05) is 0 Å². The zero-order valence-corrected chi connectivity index (χ0v) is 12.6. The Bertz CT molecular complexity index is 628. The van der Waals surface area contributed by atoms with E-state index in [1.807, 2.05) is 0 Å². The van der Waals surface area contributed by atoms with Crippen LogP contribution in [0, 0.1) is 0 Å². The van der Waals surface area contributed by atoms with Crippen LogP contribution in [-0.2, 0) is 14.3 Å². The average molecular weight is 324 g/mol. The van der Waals surface area contributed by atoms with E-state index in [1.54, 1.807) is 5.32 Å². The Morgan fingerprint density at radius 2 is 1.83 bits per heavy atom. The number of rotatable bonds is 7. The van der Waals surface area contributed by atoms with Crippen LogP contribution < -0.4 is 20.5 Å². The van der Waals surface area contributed by atoms with Gasteiger partial charge in [-0.2, -0.15) is 0 Å². The molecule has 3 N–H and O–H groups in total. The first kappa shape index (κ1) is 18.0. The maximum Gasteiger partial charge on any atom is 0.344 e. The van der Waals surface area contributed by atoms with Crippen molar-refractivity contribution >= 4 is 23.7 Å². The SMILES string of the molecule is COc1cc(C(C)=O)ccc1OCC(=O)OCC(=O)NC(N)=O. The molecule has 0 spiro atoms. The van der Waals surface area contributed by atoms with Crippen LogP contribution in [0.25, 0.3) is 0 Å². The molecule has 1 aromatic carbocycles. The lowest BCUT2D eigenvalue weighted by atomic mass is 10.1. The standard InChI is InChI=1S/C14H16N2O7/c1-8(17)9-3-4-10(11(5-9)21-2)22-7-13(19)23-6-12(18)16-14(15)20/h3-5H,6-7H2,1-2H3,(H3,15,16,18,20). The molecule has 0 aromatic heterocycles. The lowest BCUT2D eigenvalue weighted by molar-refractivity contribution is -0.150. The number of carbonyl (C=O) groups excluding carboxylic acids is 4. The van der Waals surface area contributed by atoms with Gasteiger partial charge in [0, 0.05) is 5.56 Å². The molecule has 0 bridgehead atoms.